The van der Waals surface area contributed by atoms with E-state index in [2.05, 4.69) is 17.1 Å². The summed E-state index contributed by atoms with van der Waals surface area (Å²) >= 11 is 0. The monoisotopic (exact) mass is 246 g/mol. The van der Waals surface area contributed by atoms with E-state index < -0.39 is 0 Å². The summed E-state index contributed by atoms with van der Waals surface area (Å²) < 4.78 is 0. The van der Waals surface area contributed by atoms with Crippen LogP contribution in [0, 0.1) is 0 Å². The molecule has 1 aromatic carbocycles. The molecule has 96 valence electrons. The lowest BCUT2D eigenvalue weighted by Gasteiger charge is -2.34. The summed E-state index contributed by atoms with van der Waals surface area (Å²) in [6.45, 7) is 4.06. The highest BCUT2D eigenvalue weighted by molar-refractivity contribution is 5.48. The zero-order chi connectivity index (χ0) is 12.7. The second kappa shape index (κ2) is 4.12. The van der Waals surface area contributed by atoms with Gasteiger partial charge >= 0.3 is 0 Å². The van der Waals surface area contributed by atoms with Crippen molar-refractivity contribution in [3.05, 3.63) is 35.2 Å². The molecule has 1 aromatic rings. The average molecular weight is 246 g/mol. The van der Waals surface area contributed by atoms with Crippen LogP contribution in [0.2, 0.25) is 0 Å². The summed E-state index contributed by atoms with van der Waals surface area (Å²) in [6.07, 6.45) is 3.79. The van der Waals surface area contributed by atoms with Crippen LogP contribution < -0.4 is 5.32 Å². The van der Waals surface area contributed by atoms with Gasteiger partial charge in [-0.3, -0.25) is 0 Å². The first-order valence-corrected chi connectivity index (χ1v) is 6.35. The third-order valence-corrected chi connectivity index (χ3v) is 3.90. The second-order valence-electron chi connectivity index (χ2n) is 5.10. The fourth-order valence-corrected chi connectivity index (χ4v) is 3.03. The number of nitrogens with one attached hydrogen (secondary N) is 1. The van der Waals surface area contributed by atoms with Crippen molar-refractivity contribution in [3.63, 3.8) is 0 Å². The van der Waals surface area contributed by atoms with Gasteiger partial charge in [0.1, 0.15) is 11.5 Å². The van der Waals surface area contributed by atoms with E-state index in [-0.39, 0.29) is 11.5 Å². The topological polar surface area (TPSA) is 55.7 Å². The number of hydrogen-bond donors (Lipinski definition) is 3. The number of phenolic OH excluding ortho intramolecular Hbond substituents is 2. The highest BCUT2D eigenvalue weighted by Gasteiger charge is 2.30. The summed E-state index contributed by atoms with van der Waals surface area (Å²) in [4.78, 5) is 2.38. The molecule has 1 unspecified atom stereocenters. The Hall–Kier alpha value is -1.84. The van der Waals surface area contributed by atoms with Crippen LogP contribution in [-0.2, 0) is 12.8 Å². The second-order valence-corrected chi connectivity index (χ2v) is 5.10. The van der Waals surface area contributed by atoms with Crippen molar-refractivity contribution < 1.29 is 10.2 Å². The number of allylic oxidation sites excluding steroid dienone is 1. The first-order chi connectivity index (χ1) is 8.65. The molecule has 18 heavy (non-hydrogen) atoms. The fraction of sp³-hybridized carbons (Fsp3) is 0.429. The average Bonchev–Trinajstić information content (AvgIpc) is 2.73. The van der Waals surface area contributed by atoms with E-state index in [1.807, 2.05) is 6.20 Å². The van der Waals surface area contributed by atoms with E-state index in [9.17, 15) is 10.2 Å². The minimum absolute atomic E-state index is 0.152. The van der Waals surface area contributed by atoms with Gasteiger partial charge in [0.25, 0.3) is 0 Å². The molecule has 1 heterocycles. The van der Waals surface area contributed by atoms with E-state index in [1.54, 1.807) is 6.07 Å². The summed E-state index contributed by atoms with van der Waals surface area (Å²) in [6, 6.07) is 3.60. The van der Waals surface area contributed by atoms with Crippen molar-refractivity contribution in [2.75, 3.05) is 13.1 Å². The SMILES string of the molecule is CC1=CNCCN1C1Cc2cc(O)cc(O)c2C1. The zero-order valence-electron chi connectivity index (χ0n) is 10.5. The quantitative estimate of drug-likeness (QED) is 0.700. The van der Waals surface area contributed by atoms with Gasteiger partial charge in [-0.1, -0.05) is 0 Å². The smallest absolute Gasteiger partial charge is 0.122 e. The van der Waals surface area contributed by atoms with Gasteiger partial charge in [-0.15, -0.1) is 0 Å². The molecule has 0 fully saturated rings. The Morgan fingerprint density at radius 1 is 1.28 bits per heavy atom. The molecule has 1 atom stereocenters. The van der Waals surface area contributed by atoms with Gasteiger partial charge in [0.05, 0.1) is 0 Å². The molecule has 0 bridgehead atoms. The van der Waals surface area contributed by atoms with Crippen LogP contribution in [0.3, 0.4) is 0 Å². The van der Waals surface area contributed by atoms with Crippen LogP contribution in [0.1, 0.15) is 18.1 Å². The molecule has 2 aliphatic rings. The predicted molar refractivity (Wildman–Crippen MR) is 69.4 cm³/mol. The van der Waals surface area contributed by atoms with Gasteiger partial charge in [-0.25, -0.2) is 0 Å². The van der Waals surface area contributed by atoms with Crippen LogP contribution in [0.5, 0.6) is 11.5 Å². The van der Waals surface area contributed by atoms with Crippen molar-refractivity contribution in [3.8, 4) is 11.5 Å². The summed E-state index contributed by atoms with van der Waals surface area (Å²) in [7, 11) is 0. The first-order valence-electron chi connectivity index (χ1n) is 6.35. The lowest BCUT2D eigenvalue weighted by atomic mass is 10.1. The summed E-state index contributed by atoms with van der Waals surface area (Å²) in [5.41, 5.74) is 3.30. The third kappa shape index (κ3) is 1.78. The number of aromatic hydroxyl groups is 2. The molecule has 3 N–H and O–H groups in total. The molecule has 1 aliphatic carbocycles. The van der Waals surface area contributed by atoms with E-state index in [4.69, 9.17) is 0 Å². The third-order valence-electron chi connectivity index (χ3n) is 3.90. The van der Waals surface area contributed by atoms with E-state index >= 15 is 0 Å². The van der Waals surface area contributed by atoms with Crippen LogP contribution in [0.15, 0.2) is 24.0 Å². The fourth-order valence-electron chi connectivity index (χ4n) is 3.03. The number of benzene rings is 1. The van der Waals surface area contributed by atoms with Gasteiger partial charge in [-0.2, -0.15) is 0 Å². The van der Waals surface area contributed by atoms with Crippen molar-refractivity contribution in [2.24, 2.45) is 0 Å². The lowest BCUT2D eigenvalue weighted by molar-refractivity contribution is 0.247. The van der Waals surface area contributed by atoms with Crippen LogP contribution in [0.4, 0.5) is 0 Å². The number of nitrogens with zero attached hydrogens (tertiary/aromatic N) is 1. The van der Waals surface area contributed by atoms with Gasteiger partial charge in [0.15, 0.2) is 0 Å². The van der Waals surface area contributed by atoms with Crippen LogP contribution in [-0.4, -0.2) is 34.2 Å². The van der Waals surface area contributed by atoms with Gasteiger partial charge < -0.3 is 20.4 Å². The highest BCUT2D eigenvalue weighted by atomic mass is 16.3. The maximum absolute atomic E-state index is 9.89. The standard InChI is InChI=1S/C14H18N2O2/c1-9-8-15-2-3-16(9)11-4-10-5-12(17)7-14(18)13(10)6-11/h5,7-8,11,15,17-18H,2-4,6H2,1H3. The van der Waals surface area contributed by atoms with Crippen LogP contribution >= 0.6 is 0 Å². The molecule has 4 nitrogen and oxygen atoms in total. The molecule has 0 saturated carbocycles. The van der Waals surface area contributed by atoms with E-state index in [0.717, 1.165) is 37.1 Å². The number of rotatable bonds is 1. The summed E-state index contributed by atoms with van der Waals surface area (Å²) in [5, 5.41) is 22.7. The molecule has 0 radical (unpaired) electrons. The van der Waals surface area contributed by atoms with Gasteiger partial charge in [-0.05, 0) is 37.0 Å². The minimum atomic E-state index is 0.152. The molecular formula is C14H18N2O2. The molecule has 4 heteroatoms. The van der Waals surface area contributed by atoms with Crippen molar-refractivity contribution in [1.29, 1.82) is 0 Å². The zero-order valence-corrected chi connectivity index (χ0v) is 10.5. The van der Waals surface area contributed by atoms with Crippen molar-refractivity contribution in [2.45, 2.75) is 25.8 Å². The molecule has 0 amide bonds. The highest BCUT2D eigenvalue weighted by Crippen LogP contribution is 2.36. The molecule has 0 spiro atoms. The van der Waals surface area contributed by atoms with Crippen molar-refractivity contribution >= 4 is 0 Å². The Morgan fingerprint density at radius 2 is 2.11 bits per heavy atom. The molecule has 3 rings (SSSR count). The largest absolute Gasteiger partial charge is 0.508 e. The maximum Gasteiger partial charge on any atom is 0.122 e. The minimum Gasteiger partial charge on any atom is -0.508 e. The van der Waals surface area contributed by atoms with Crippen LogP contribution in [0.25, 0.3) is 0 Å². The van der Waals surface area contributed by atoms with E-state index in [1.165, 1.54) is 11.8 Å². The normalized spacial score (nSPS) is 22.4. The first kappa shape index (κ1) is 11.3. The predicted octanol–water partition coefficient (Wildman–Crippen LogP) is 1.33. The summed E-state index contributed by atoms with van der Waals surface area (Å²) in [5.74, 6) is 0.378. The molecule has 0 saturated heterocycles. The maximum atomic E-state index is 9.89. The molecule has 0 aromatic heterocycles. The number of phenols is 2. The lowest BCUT2D eigenvalue weighted by Crippen LogP contribution is -2.42. The van der Waals surface area contributed by atoms with E-state index in [0.29, 0.717) is 6.04 Å². The Kier molecular flexibility index (Phi) is 2.58. The molecular weight excluding hydrogens is 228 g/mol. The molecule has 1 aliphatic heterocycles. The Labute approximate surface area is 107 Å². The van der Waals surface area contributed by atoms with Gasteiger partial charge in [0, 0.05) is 37.1 Å². The Morgan fingerprint density at radius 3 is 2.89 bits per heavy atom. The Balaban J connectivity index is 1.86. The number of fused-ring (bicyclic) bond motifs is 1. The van der Waals surface area contributed by atoms with Gasteiger partial charge in [0.2, 0.25) is 0 Å². The number of hydrogen-bond acceptors (Lipinski definition) is 4. The van der Waals surface area contributed by atoms with Crippen molar-refractivity contribution in [1.82, 2.24) is 10.2 Å². The Bertz CT molecular complexity index is 511.